The molecule has 2 heterocycles. The summed E-state index contributed by atoms with van der Waals surface area (Å²) in [6.07, 6.45) is -0.786. The lowest BCUT2D eigenvalue weighted by Gasteiger charge is -2.21. The number of carbonyl (C=O) groups is 1. The molecule has 9 nitrogen and oxygen atoms in total. The summed E-state index contributed by atoms with van der Waals surface area (Å²) in [5.41, 5.74) is 2.19. The van der Waals surface area contributed by atoms with E-state index in [0.29, 0.717) is 27.0 Å². The third-order valence-corrected chi connectivity index (χ3v) is 5.57. The molecule has 0 saturated heterocycles. The molecule has 1 aromatic carbocycles. The number of aromatic nitrogens is 1. The summed E-state index contributed by atoms with van der Waals surface area (Å²) < 4.78 is 22.9. The average molecular weight is 489 g/mol. The number of aryl methyl sites for hydroxylation is 1. The molecule has 31 heavy (non-hydrogen) atoms. The molecule has 0 saturated carbocycles. The molecule has 0 bridgehead atoms. The standard InChI is InChI=1S/C21H21BrN4O5/c1-12-19(22)16(10-28-3)15(9-23)20(24-12)30-11-18-25-26(13(2)27)21(31-18)14-7-5-6-8-17(14)29-4/h5-8,21H,10-11H2,1-4H3/t21-/m0/s1. The van der Waals surface area contributed by atoms with Gasteiger partial charge in [0.05, 0.1) is 25.0 Å². The maximum Gasteiger partial charge on any atom is 0.247 e. The molecule has 10 heteroatoms. The lowest BCUT2D eigenvalue weighted by molar-refractivity contribution is -0.135. The fourth-order valence-electron chi connectivity index (χ4n) is 3.08. The zero-order valence-electron chi connectivity index (χ0n) is 17.5. The number of hydrazone groups is 1. The number of benzene rings is 1. The summed E-state index contributed by atoms with van der Waals surface area (Å²) in [6.45, 7) is 3.28. The lowest BCUT2D eigenvalue weighted by Crippen LogP contribution is -2.25. The van der Waals surface area contributed by atoms with Crippen molar-refractivity contribution >= 4 is 27.7 Å². The third kappa shape index (κ3) is 4.62. The van der Waals surface area contributed by atoms with E-state index in [1.54, 1.807) is 33.3 Å². The quantitative estimate of drug-likeness (QED) is 0.587. The second-order valence-electron chi connectivity index (χ2n) is 6.57. The molecule has 0 N–H and O–H groups in total. The Balaban J connectivity index is 1.85. The van der Waals surface area contributed by atoms with Gasteiger partial charge in [-0.3, -0.25) is 4.79 Å². The van der Waals surface area contributed by atoms with Crippen molar-refractivity contribution in [1.82, 2.24) is 9.99 Å². The molecule has 1 atom stereocenters. The van der Waals surface area contributed by atoms with E-state index >= 15 is 0 Å². The number of pyridine rings is 1. The van der Waals surface area contributed by atoms with Crippen molar-refractivity contribution in [3.8, 4) is 17.7 Å². The van der Waals surface area contributed by atoms with Crippen LogP contribution >= 0.6 is 15.9 Å². The smallest absolute Gasteiger partial charge is 0.247 e. The highest BCUT2D eigenvalue weighted by Gasteiger charge is 2.34. The number of hydrogen-bond donors (Lipinski definition) is 0. The molecular weight excluding hydrogens is 468 g/mol. The van der Waals surface area contributed by atoms with Gasteiger partial charge in [-0.2, -0.15) is 10.3 Å². The molecule has 1 aliphatic rings. The Morgan fingerprint density at radius 2 is 2.06 bits per heavy atom. The van der Waals surface area contributed by atoms with Crippen molar-refractivity contribution in [3.05, 3.63) is 51.1 Å². The van der Waals surface area contributed by atoms with Crippen molar-refractivity contribution in [2.75, 3.05) is 20.8 Å². The van der Waals surface area contributed by atoms with Crippen LogP contribution in [0.5, 0.6) is 11.6 Å². The van der Waals surface area contributed by atoms with E-state index in [9.17, 15) is 10.1 Å². The number of carbonyl (C=O) groups excluding carboxylic acids is 1. The van der Waals surface area contributed by atoms with E-state index in [2.05, 4.69) is 32.1 Å². The minimum atomic E-state index is -0.786. The average Bonchev–Trinajstić information content (AvgIpc) is 3.20. The van der Waals surface area contributed by atoms with Gasteiger partial charge in [-0.15, -0.1) is 5.10 Å². The highest BCUT2D eigenvalue weighted by Crippen LogP contribution is 2.35. The van der Waals surface area contributed by atoms with Crippen molar-refractivity contribution in [2.45, 2.75) is 26.7 Å². The number of nitrogens with zero attached hydrogens (tertiary/aromatic N) is 4. The van der Waals surface area contributed by atoms with Crippen LogP contribution in [-0.2, 0) is 20.9 Å². The fourth-order valence-corrected chi connectivity index (χ4v) is 3.48. The van der Waals surface area contributed by atoms with E-state index < -0.39 is 6.23 Å². The summed E-state index contributed by atoms with van der Waals surface area (Å²) in [7, 11) is 3.08. The van der Waals surface area contributed by atoms with Gasteiger partial charge in [-0.1, -0.05) is 12.1 Å². The highest BCUT2D eigenvalue weighted by molar-refractivity contribution is 9.10. The maximum absolute atomic E-state index is 12.1. The monoisotopic (exact) mass is 488 g/mol. The Kier molecular flexibility index (Phi) is 7.09. The number of hydrogen-bond acceptors (Lipinski definition) is 8. The van der Waals surface area contributed by atoms with Crippen LogP contribution in [0.3, 0.4) is 0 Å². The molecule has 1 amide bonds. The molecule has 0 aliphatic carbocycles. The Labute approximate surface area is 188 Å². The number of amides is 1. The Morgan fingerprint density at radius 3 is 2.71 bits per heavy atom. The minimum Gasteiger partial charge on any atom is -0.496 e. The molecule has 1 aromatic heterocycles. The van der Waals surface area contributed by atoms with E-state index in [4.69, 9.17) is 18.9 Å². The molecule has 162 valence electrons. The molecule has 3 rings (SSSR count). The van der Waals surface area contributed by atoms with Gasteiger partial charge in [0.25, 0.3) is 0 Å². The van der Waals surface area contributed by atoms with Gasteiger partial charge in [0.2, 0.25) is 23.9 Å². The molecule has 1 aliphatic heterocycles. The lowest BCUT2D eigenvalue weighted by atomic mass is 10.1. The predicted octanol–water partition coefficient (Wildman–Crippen LogP) is 3.45. The van der Waals surface area contributed by atoms with Crippen LogP contribution < -0.4 is 9.47 Å². The zero-order valence-corrected chi connectivity index (χ0v) is 19.1. The second-order valence-corrected chi connectivity index (χ2v) is 7.37. The summed E-state index contributed by atoms with van der Waals surface area (Å²) in [5, 5.41) is 15.1. The van der Waals surface area contributed by atoms with Gasteiger partial charge in [0.15, 0.2) is 6.61 Å². The Morgan fingerprint density at radius 1 is 1.32 bits per heavy atom. The van der Waals surface area contributed by atoms with E-state index in [1.165, 1.54) is 11.9 Å². The summed E-state index contributed by atoms with van der Waals surface area (Å²) in [6, 6.07) is 9.32. The number of halogens is 1. The van der Waals surface area contributed by atoms with Crippen LogP contribution in [0, 0.1) is 18.3 Å². The zero-order chi connectivity index (χ0) is 22.5. The predicted molar refractivity (Wildman–Crippen MR) is 114 cm³/mol. The SMILES string of the molecule is COCc1c(Br)c(C)nc(OCC2=NN(C(C)=O)[C@H](c3ccccc3OC)O2)c1C#N. The van der Waals surface area contributed by atoms with Gasteiger partial charge in [-0.05, 0) is 35.0 Å². The number of para-hydroxylation sites is 1. The highest BCUT2D eigenvalue weighted by atomic mass is 79.9. The molecule has 0 radical (unpaired) electrons. The van der Waals surface area contributed by atoms with E-state index in [0.717, 1.165) is 0 Å². The molecular formula is C21H21BrN4O5. The van der Waals surface area contributed by atoms with Gasteiger partial charge >= 0.3 is 0 Å². The first kappa shape index (κ1) is 22.5. The van der Waals surface area contributed by atoms with Crippen LogP contribution in [0.4, 0.5) is 0 Å². The summed E-state index contributed by atoms with van der Waals surface area (Å²) in [4.78, 5) is 16.5. The van der Waals surface area contributed by atoms with Crippen LogP contribution in [0.25, 0.3) is 0 Å². The first-order valence-corrected chi connectivity index (χ1v) is 10.1. The van der Waals surface area contributed by atoms with E-state index in [-0.39, 0.29) is 36.5 Å². The third-order valence-electron chi connectivity index (χ3n) is 4.52. The topological polar surface area (TPSA) is 106 Å². The number of nitriles is 1. The fraction of sp³-hybridized carbons (Fsp3) is 0.333. The van der Waals surface area contributed by atoms with Crippen molar-refractivity contribution in [2.24, 2.45) is 5.10 Å². The molecule has 0 unspecified atom stereocenters. The molecule has 0 spiro atoms. The minimum absolute atomic E-state index is 0.120. The van der Waals surface area contributed by atoms with Crippen LogP contribution in [0.1, 0.15) is 35.5 Å². The maximum atomic E-state index is 12.1. The number of ether oxygens (including phenoxy) is 4. The van der Waals surface area contributed by atoms with Gasteiger partial charge in [-0.25, -0.2) is 4.98 Å². The normalized spacial score (nSPS) is 15.2. The van der Waals surface area contributed by atoms with Gasteiger partial charge in [0, 0.05) is 24.1 Å². The first-order valence-electron chi connectivity index (χ1n) is 9.28. The molecule has 2 aromatic rings. The van der Waals surface area contributed by atoms with Gasteiger partial charge < -0.3 is 18.9 Å². The largest absolute Gasteiger partial charge is 0.496 e. The van der Waals surface area contributed by atoms with Crippen molar-refractivity contribution in [3.63, 3.8) is 0 Å². The number of methoxy groups -OCH3 is 2. The second kappa shape index (κ2) is 9.76. The summed E-state index contributed by atoms with van der Waals surface area (Å²) >= 11 is 3.44. The molecule has 0 fully saturated rings. The van der Waals surface area contributed by atoms with Crippen LogP contribution in [-0.4, -0.2) is 42.6 Å². The Hall–Kier alpha value is -3.16. The first-order chi connectivity index (χ1) is 14.9. The van der Waals surface area contributed by atoms with Crippen molar-refractivity contribution in [1.29, 1.82) is 5.26 Å². The number of rotatable bonds is 7. The van der Waals surface area contributed by atoms with Crippen molar-refractivity contribution < 1.29 is 23.7 Å². The Bertz CT molecular complexity index is 1070. The van der Waals surface area contributed by atoms with Crippen LogP contribution in [0.2, 0.25) is 0 Å². The van der Waals surface area contributed by atoms with Crippen LogP contribution in [0.15, 0.2) is 33.8 Å². The summed E-state index contributed by atoms with van der Waals surface area (Å²) in [5.74, 6) is 0.572. The van der Waals surface area contributed by atoms with E-state index in [1.807, 2.05) is 12.1 Å². The van der Waals surface area contributed by atoms with Gasteiger partial charge in [0.1, 0.15) is 17.4 Å².